The maximum Gasteiger partial charge on any atom is 0.267 e. The number of carbonyl (C=O) groups excluding carboxylic acids is 1. The molecule has 0 aliphatic carbocycles. The molecule has 0 radical (unpaired) electrons. The summed E-state index contributed by atoms with van der Waals surface area (Å²) in [5, 5.41) is 5.49. The first-order chi connectivity index (χ1) is 9.92. The molecule has 0 aliphatic rings. The van der Waals surface area contributed by atoms with Crippen LogP contribution in [0.1, 0.15) is 10.5 Å². The van der Waals surface area contributed by atoms with Crippen LogP contribution in [0, 0.1) is 0 Å². The molecular formula is C12H23ClN4O4S. The maximum atomic E-state index is 12.1. The fraction of sp³-hybridized carbons (Fsp3) is 0.583. The van der Waals surface area contributed by atoms with Crippen molar-refractivity contribution >= 4 is 28.3 Å². The van der Waals surface area contributed by atoms with Crippen LogP contribution in [0.2, 0.25) is 0 Å². The van der Waals surface area contributed by atoms with Gasteiger partial charge >= 0.3 is 0 Å². The minimum atomic E-state index is -3.62. The third-order valence-corrected chi connectivity index (χ3v) is 4.25. The van der Waals surface area contributed by atoms with Gasteiger partial charge in [0.2, 0.25) is 10.0 Å². The molecule has 0 aliphatic heterocycles. The molecule has 10 heteroatoms. The number of hydrogen-bond donors (Lipinski definition) is 3. The van der Waals surface area contributed by atoms with Crippen molar-refractivity contribution in [3.63, 3.8) is 0 Å². The molecule has 0 atom stereocenters. The van der Waals surface area contributed by atoms with Gasteiger partial charge in [0.25, 0.3) is 5.91 Å². The Morgan fingerprint density at radius 3 is 2.59 bits per heavy atom. The summed E-state index contributed by atoms with van der Waals surface area (Å²) in [6, 6.07) is 1.35. The lowest BCUT2D eigenvalue weighted by Gasteiger charge is -2.06. The number of carbonyl (C=O) groups is 1. The second-order valence-electron chi connectivity index (χ2n) is 4.39. The minimum Gasteiger partial charge on any atom is -0.383 e. The highest BCUT2D eigenvalue weighted by Gasteiger charge is 2.19. The topological polar surface area (TPSA) is 101 Å². The summed E-state index contributed by atoms with van der Waals surface area (Å²) in [4.78, 5) is 11.6. The van der Waals surface area contributed by atoms with E-state index >= 15 is 0 Å². The van der Waals surface area contributed by atoms with Crippen LogP contribution in [-0.2, 0) is 21.8 Å². The number of nitrogens with zero attached hydrogens (tertiary/aromatic N) is 1. The zero-order chi connectivity index (χ0) is 15.9. The summed E-state index contributed by atoms with van der Waals surface area (Å²) in [6.07, 6.45) is 1.41. The predicted molar refractivity (Wildman–Crippen MR) is 86.0 cm³/mol. The molecule has 22 heavy (non-hydrogen) atoms. The van der Waals surface area contributed by atoms with E-state index in [1.165, 1.54) is 23.9 Å². The van der Waals surface area contributed by atoms with Gasteiger partial charge in [-0.25, -0.2) is 13.1 Å². The van der Waals surface area contributed by atoms with Crippen LogP contribution in [0.4, 0.5) is 0 Å². The molecule has 1 amide bonds. The fourth-order valence-corrected chi connectivity index (χ4v) is 2.79. The van der Waals surface area contributed by atoms with Gasteiger partial charge in [0.1, 0.15) is 10.6 Å². The van der Waals surface area contributed by atoms with E-state index in [1.54, 1.807) is 14.2 Å². The monoisotopic (exact) mass is 354 g/mol. The Morgan fingerprint density at radius 1 is 1.32 bits per heavy atom. The number of amides is 1. The first kappa shape index (κ1) is 20.9. The molecule has 3 N–H and O–H groups in total. The maximum absolute atomic E-state index is 12.1. The third-order valence-electron chi connectivity index (χ3n) is 2.83. The van der Waals surface area contributed by atoms with Gasteiger partial charge < -0.3 is 19.9 Å². The second kappa shape index (κ2) is 9.80. The van der Waals surface area contributed by atoms with E-state index in [9.17, 15) is 13.2 Å². The first-order valence-corrected chi connectivity index (χ1v) is 7.98. The average Bonchev–Trinajstić information content (AvgIpc) is 2.84. The van der Waals surface area contributed by atoms with Gasteiger partial charge in [0, 0.05) is 47.0 Å². The van der Waals surface area contributed by atoms with Crippen LogP contribution in [0.5, 0.6) is 0 Å². The van der Waals surface area contributed by atoms with Gasteiger partial charge in [0.15, 0.2) is 0 Å². The fourth-order valence-electron chi connectivity index (χ4n) is 1.69. The number of aryl methyl sites for hydroxylation is 1. The summed E-state index contributed by atoms with van der Waals surface area (Å²) in [7, 11) is 1.10. The van der Waals surface area contributed by atoms with Crippen molar-refractivity contribution in [2.24, 2.45) is 7.05 Å². The van der Waals surface area contributed by atoms with E-state index < -0.39 is 10.0 Å². The Labute approximate surface area is 137 Å². The summed E-state index contributed by atoms with van der Waals surface area (Å²) in [5.41, 5.74) is 0.288. The molecule has 0 aromatic carbocycles. The smallest absolute Gasteiger partial charge is 0.267 e. The molecule has 1 aromatic heterocycles. The van der Waals surface area contributed by atoms with Crippen LogP contribution in [0.25, 0.3) is 0 Å². The van der Waals surface area contributed by atoms with Crippen molar-refractivity contribution in [1.82, 2.24) is 19.9 Å². The van der Waals surface area contributed by atoms with Crippen molar-refractivity contribution in [1.29, 1.82) is 0 Å². The lowest BCUT2D eigenvalue weighted by Crippen LogP contribution is -2.33. The summed E-state index contributed by atoms with van der Waals surface area (Å²) >= 11 is 0. The zero-order valence-corrected chi connectivity index (χ0v) is 14.5. The van der Waals surface area contributed by atoms with Crippen molar-refractivity contribution in [2.75, 3.05) is 40.4 Å². The molecule has 0 spiro atoms. The predicted octanol–water partition coefficient (Wildman–Crippen LogP) is -0.679. The Balaban J connectivity index is 0.00000441. The van der Waals surface area contributed by atoms with E-state index in [0.29, 0.717) is 19.7 Å². The number of sulfonamides is 1. The van der Waals surface area contributed by atoms with E-state index in [4.69, 9.17) is 4.74 Å². The summed E-state index contributed by atoms with van der Waals surface area (Å²) < 4.78 is 33.0. The Hall–Kier alpha value is -1.13. The van der Waals surface area contributed by atoms with Gasteiger partial charge in [-0.1, -0.05) is 0 Å². The van der Waals surface area contributed by atoms with Crippen LogP contribution in [0.3, 0.4) is 0 Å². The highest BCUT2D eigenvalue weighted by Crippen LogP contribution is 2.13. The quantitative estimate of drug-likeness (QED) is 0.510. The molecule has 0 saturated carbocycles. The molecule has 0 fully saturated rings. The van der Waals surface area contributed by atoms with Crippen LogP contribution < -0.4 is 15.4 Å². The number of rotatable bonds is 9. The van der Waals surface area contributed by atoms with Crippen molar-refractivity contribution in [2.45, 2.75) is 4.90 Å². The molecule has 1 aromatic rings. The van der Waals surface area contributed by atoms with Crippen LogP contribution in [-0.4, -0.2) is 59.3 Å². The third kappa shape index (κ3) is 5.93. The summed E-state index contributed by atoms with van der Waals surface area (Å²) in [6.45, 7) is 1.99. The van der Waals surface area contributed by atoms with Crippen molar-refractivity contribution in [3.05, 3.63) is 18.0 Å². The van der Waals surface area contributed by atoms with E-state index in [1.807, 2.05) is 0 Å². The average molecular weight is 355 g/mol. The Morgan fingerprint density at radius 2 is 2.00 bits per heavy atom. The van der Waals surface area contributed by atoms with E-state index in [-0.39, 0.29) is 35.4 Å². The molecule has 128 valence electrons. The van der Waals surface area contributed by atoms with Gasteiger partial charge in [-0.15, -0.1) is 12.4 Å². The normalized spacial score (nSPS) is 11.0. The highest BCUT2D eigenvalue weighted by molar-refractivity contribution is 7.89. The number of aromatic nitrogens is 1. The Kier molecular flexibility index (Phi) is 9.30. The van der Waals surface area contributed by atoms with Crippen LogP contribution in [0.15, 0.2) is 17.2 Å². The van der Waals surface area contributed by atoms with Crippen molar-refractivity contribution < 1.29 is 17.9 Å². The van der Waals surface area contributed by atoms with E-state index in [2.05, 4.69) is 15.4 Å². The van der Waals surface area contributed by atoms with Crippen LogP contribution >= 0.6 is 12.4 Å². The van der Waals surface area contributed by atoms with Gasteiger partial charge in [-0.05, 0) is 6.07 Å². The molecule has 8 nitrogen and oxygen atoms in total. The standard InChI is InChI=1S/C12H22N4O4S.ClH/c1-13-12(17)11-8-10(9-16(11)2)21(18,19)15-5-4-14-6-7-20-3;/h8-9,14-15H,4-7H2,1-3H3,(H,13,17);1H. The highest BCUT2D eigenvalue weighted by atomic mass is 35.5. The molecule has 1 rings (SSSR count). The number of methoxy groups -OCH3 is 1. The molecular weight excluding hydrogens is 332 g/mol. The molecule has 0 bridgehead atoms. The molecule has 0 saturated heterocycles. The number of ether oxygens (including phenoxy) is 1. The SMILES string of the molecule is CNC(=O)c1cc(S(=O)(=O)NCCNCCOC)cn1C.Cl. The van der Waals surface area contributed by atoms with E-state index in [0.717, 1.165) is 0 Å². The Bertz CT molecular complexity index is 574. The lowest BCUT2D eigenvalue weighted by atomic mass is 10.4. The number of hydrogen-bond acceptors (Lipinski definition) is 5. The van der Waals surface area contributed by atoms with Gasteiger partial charge in [0.05, 0.1) is 6.61 Å². The largest absolute Gasteiger partial charge is 0.383 e. The zero-order valence-electron chi connectivity index (χ0n) is 12.9. The molecule has 1 heterocycles. The van der Waals surface area contributed by atoms with Gasteiger partial charge in [-0.3, -0.25) is 4.79 Å². The second-order valence-corrected chi connectivity index (χ2v) is 6.16. The van der Waals surface area contributed by atoms with Crippen molar-refractivity contribution in [3.8, 4) is 0 Å². The number of nitrogens with one attached hydrogen (secondary N) is 3. The summed E-state index contributed by atoms with van der Waals surface area (Å²) in [5.74, 6) is -0.333. The molecule has 0 unspecified atom stereocenters. The van der Waals surface area contributed by atoms with Gasteiger partial charge in [-0.2, -0.15) is 0 Å². The lowest BCUT2D eigenvalue weighted by molar-refractivity contribution is 0.0955. The minimum absolute atomic E-state index is 0. The number of halogens is 1. The first-order valence-electron chi connectivity index (χ1n) is 6.50.